The fourth-order valence-corrected chi connectivity index (χ4v) is 12.3. The predicted octanol–water partition coefficient (Wildman–Crippen LogP) is 9.84. The smallest absolute Gasteiger partial charge is 0.330 e. The van der Waals surface area contributed by atoms with Gasteiger partial charge in [0.2, 0.25) is 0 Å². The van der Waals surface area contributed by atoms with E-state index in [1.54, 1.807) is 76.2 Å². The standard InChI is InChI=1S/C66H74N2O20S2/c1-7-52(69)81-37-65(3,4)39-83-56(73)29-27-54(71)79-33-31-41-9-21-48(22-10-41)85-60(75)43-13-17-45(18-14-43)62(77)87-50-25-26-51(59-58(50)89-64(90-59)47(35-67)36-68)88-63(78)46-19-15-44(16-20-46)61(76)86-49-23-11-42(12-24-49)32-34-80-55(72)28-30-57(74)84-40-66(5,6)38-82-53(70)8-2/h7-12,21-26,43-47,64H,1-2,13-20,27-34,37-40H2,3-6H3. The molecule has 3 aliphatic rings. The summed E-state index contributed by atoms with van der Waals surface area (Å²) >= 11 is 2.34. The molecule has 2 fully saturated rings. The number of nitriles is 2. The third kappa shape index (κ3) is 22.8. The lowest BCUT2D eigenvalue weighted by Crippen LogP contribution is -2.30. The lowest BCUT2D eigenvalue weighted by atomic mass is 9.82. The molecule has 0 aromatic heterocycles. The van der Waals surface area contributed by atoms with E-state index >= 15 is 0 Å². The molecule has 480 valence electrons. The Balaban J connectivity index is 0.888. The topological polar surface area (TPSA) is 311 Å². The van der Waals surface area contributed by atoms with Gasteiger partial charge in [0, 0.05) is 35.8 Å². The van der Waals surface area contributed by atoms with E-state index in [1.807, 2.05) is 12.1 Å². The largest absolute Gasteiger partial charge is 0.465 e. The van der Waals surface area contributed by atoms with Crippen LogP contribution in [-0.4, -0.2) is 104 Å². The Hall–Kier alpha value is -8.48. The van der Waals surface area contributed by atoms with Crippen LogP contribution >= 0.6 is 23.5 Å². The zero-order valence-electron chi connectivity index (χ0n) is 50.8. The third-order valence-corrected chi connectivity index (χ3v) is 17.7. The maximum atomic E-state index is 13.7. The highest BCUT2D eigenvalue weighted by atomic mass is 32.2. The quantitative estimate of drug-likeness (QED) is 0.0250. The molecule has 24 heteroatoms. The highest BCUT2D eigenvalue weighted by Crippen LogP contribution is 2.58. The van der Waals surface area contributed by atoms with Crippen LogP contribution in [0.15, 0.2) is 95.8 Å². The van der Waals surface area contributed by atoms with Crippen molar-refractivity contribution in [2.24, 2.45) is 40.4 Å². The number of ether oxygens (including phenoxy) is 10. The van der Waals surface area contributed by atoms with E-state index in [2.05, 4.69) is 13.2 Å². The van der Waals surface area contributed by atoms with Gasteiger partial charge in [0.15, 0.2) is 5.92 Å². The van der Waals surface area contributed by atoms with Crippen molar-refractivity contribution < 1.29 is 95.3 Å². The normalized spacial score (nSPS) is 17.7. The van der Waals surface area contributed by atoms with Crippen molar-refractivity contribution in [1.29, 1.82) is 10.5 Å². The van der Waals surface area contributed by atoms with E-state index in [1.165, 1.54) is 35.7 Å². The number of esters is 10. The van der Waals surface area contributed by atoms with Crippen LogP contribution in [0.1, 0.15) is 116 Å². The Labute approximate surface area is 530 Å². The van der Waals surface area contributed by atoms with Crippen LogP contribution in [0.5, 0.6) is 23.0 Å². The summed E-state index contributed by atoms with van der Waals surface area (Å²) in [6, 6.07) is 20.5. The predicted molar refractivity (Wildman–Crippen MR) is 323 cm³/mol. The molecule has 0 unspecified atom stereocenters. The fourth-order valence-electron chi connectivity index (χ4n) is 9.36. The number of benzene rings is 3. The summed E-state index contributed by atoms with van der Waals surface area (Å²) in [4.78, 5) is 126. The van der Waals surface area contributed by atoms with Crippen LogP contribution in [0.3, 0.4) is 0 Å². The van der Waals surface area contributed by atoms with Crippen LogP contribution in [0.4, 0.5) is 0 Å². The Bertz CT molecular complexity index is 2980. The van der Waals surface area contributed by atoms with E-state index in [4.69, 9.17) is 47.4 Å². The highest BCUT2D eigenvalue weighted by molar-refractivity contribution is 8.19. The van der Waals surface area contributed by atoms with Gasteiger partial charge in [-0.05, 0) is 98.9 Å². The minimum atomic E-state index is -1.05. The SMILES string of the molecule is C=CC(=O)OCC(C)(C)COC(=O)CCC(=O)OCCc1ccc(OC(=O)C2CCC(C(=O)Oc3ccc(OC(=O)C4CCC(C(=O)Oc5ccc(CCOC(=O)CCC(=O)OCC(C)(C)COC(=O)C=C)cc5)CC4)c4c3SC(C(C#N)C#N)S4)CC2)cc1. The molecule has 22 nitrogen and oxygen atoms in total. The number of fused-ring (bicyclic) bond motifs is 1. The van der Waals surface area contributed by atoms with Crippen molar-refractivity contribution in [2.75, 3.05) is 39.6 Å². The summed E-state index contributed by atoms with van der Waals surface area (Å²) < 4.78 is 53.7. The molecule has 2 saturated carbocycles. The van der Waals surface area contributed by atoms with E-state index in [9.17, 15) is 58.5 Å². The van der Waals surface area contributed by atoms with Crippen molar-refractivity contribution in [3.63, 3.8) is 0 Å². The number of nitrogens with zero attached hydrogens (tertiary/aromatic N) is 2. The van der Waals surface area contributed by atoms with Gasteiger partial charge in [-0.1, -0.05) is 65.1 Å². The summed E-state index contributed by atoms with van der Waals surface area (Å²) in [6.45, 7) is 13.8. The molecule has 0 amide bonds. The maximum Gasteiger partial charge on any atom is 0.330 e. The second-order valence-electron chi connectivity index (χ2n) is 23.3. The lowest BCUT2D eigenvalue weighted by molar-refractivity contribution is -0.154. The Morgan fingerprint density at radius 3 is 1.08 bits per heavy atom. The van der Waals surface area contributed by atoms with Gasteiger partial charge in [-0.3, -0.25) is 38.4 Å². The van der Waals surface area contributed by atoms with Gasteiger partial charge in [-0.15, -0.1) is 23.5 Å². The molecular weight excluding hydrogens is 1200 g/mol. The number of carbonyl (C=O) groups excluding carboxylic acids is 10. The molecule has 0 N–H and O–H groups in total. The molecule has 0 atom stereocenters. The first-order chi connectivity index (χ1) is 43.0. The number of thioether (sulfide) groups is 2. The molecule has 90 heavy (non-hydrogen) atoms. The number of carbonyl (C=O) groups is 10. The summed E-state index contributed by atoms with van der Waals surface area (Å²) in [7, 11) is 0. The van der Waals surface area contributed by atoms with Crippen LogP contribution in [0, 0.1) is 63.1 Å². The Morgan fingerprint density at radius 2 is 0.767 bits per heavy atom. The van der Waals surface area contributed by atoms with Crippen molar-refractivity contribution in [2.45, 2.75) is 132 Å². The minimum Gasteiger partial charge on any atom is -0.465 e. The van der Waals surface area contributed by atoms with Crippen molar-refractivity contribution >= 4 is 83.2 Å². The van der Waals surface area contributed by atoms with Crippen molar-refractivity contribution in [3.05, 3.63) is 97.1 Å². The van der Waals surface area contributed by atoms with Gasteiger partial charge in [0.1, 0.15) is 23.0 Å². The number of hydrogen-bond acceptors (Lipinski definition) is 24. The highest BCUT2D eigenvalue weighted by Gasteiger charge is 2.39. The molecule has 0 saturated heterocycles. The summed E-state index contributed by atoms with van der Waals surface area (Å²) in [6.07, 6.45) is 4.98. The molecule has 3 aromatic carbocycles. The van der Waals surface area contributed by atoms with E-state index < -0.39 is 105 Å². The second kappa shape index (κ2) is 34.5. The molecule has 1 aliphatic heterocycles. The van der Waals surface area contributed by atoms with E-state index in [0.717, 1.165) is 23.3 Å². The lowest BCUT2D eigenvalue weighted by Gasteiger charge is -2.26. The second-order valence-corrected chi connectivity index (χ2v) is 25.9. The van der Waals surface area contributed by atoms with Crippen LogP contribution in [0.2, 0.25) is 0 Å². The van der Waals surface area contributed by atoms with Crippen LogP contribution < -0.4 is 18.9 Å². The molecular formula is C66H74N2O20S2. The first kappa shape index (κ1) is 70.6. The molecule has 6 rings (SSSR count). The van der Waals surface area contributed by atoms with E-state index in [0.29, 0.717) is 85.5 Å². The monoisotopic (exact) mass is 1280 g/mol. The molecule has 1 heterocycles. The fraction of sp³-hybridized carbons (Fsp3) is 0.485. The van der Waals surface area contributed by atoms with Gasteiger partial charge in [0.05, 0.1) is 116 Å². The third-order valence-electron chi connectivity index (χ3n) is 14.7. The summed E-state index contributed by atoms with van der Waals surface area (Å²) in [5.74, 6) is -7.46. The van der Waals surface area contributed by atoms with Crippen LogP contribution in [-0.2, 0) is 89.2 Å². The molecule has 3 aromatic rings. The number of rotatable bonds is 31. The Morgan fingerprint density at radius 1 is 0.467 bits per heavy atom. The summed E-state index contributed by atoms with van der Waals surface area (Å²) in [5, 5.41) is 19.6. The molecule has 0 bridgehead atoms. The van der Waals surface area contributed by atoms with Crippen LogP contribution in [0.25, 0.3) is 0 Å². The molecule has 2 aliphatic carbocycles. The van der Waals surface area contributed by atoms with Gasteiger partial charge in [-0.2, -0.15) is 10.5 Å². The van der Waals surface area contributed by atoms with E-state index in [-0.39, 0.29) is 76.8 Å². The van der Waals surface area contributed by atoms with Crippen molar-refractivity contribution in [1.82, 2.24) is 0 Å². The number of hydrogen-bond donors (Lipinski definition) is 0. The first-order valence-corrected chi connectivity index (χ1v) is 31.3. The maximum absolute atomic E-state index is 13.7. The average Bonchev–Trinajstić information content (AvgIpc) is 1.64. The molecule has 0 spiro atoms. The minimum absolute atomic E-state index is 0.0130. The first-order valence-electron chi connectivity index (χ1n) is 29.5. The van der Waals surface area contributed by atoms with Gasteiger partial charge in [0.25, 0.3) is 0 Å². The van der Waals surface area contributed by atoms with Gasteiger partial charge in [-0.25, -0.2) is 9.59 Å². The summed E-state index contributed by atoms with van der Waals surface area (Å²) in [5.41, 5.74) is 0.358. The van der Waals surface area contributed by atoms with Crippen molar-refractivity contribution in [3.8, 4) is 35.1 Å². The average molecular weight is 1280 g/mol. The zero-order valence-corrected chi connectivity index (χ0v) is 52.5. The van der Waals surface area contributed by atoms with Gasteiger partial charge < -0.3 is 47.4 Å². The Kier molecular flexibility index (Phi) is 27.0. The van der Waals surface area contributed by atoms with Gasteiger partial charge >= 0.3 is 59.7 Å². The molecule has 0 radical (unpaired) electrons. The zero-order chi connectivity index (χ0) is 65.4.